The van der Waals surface area contributed by atoms with Crippen molar-refractivity contribution < 1.29 is 14.1 Å². The van der Waals surface area contributed by atoms with Crippen molar-refractivity contribution in [3.63, 3.8) is 0 Å². The molecule has 153 valence electrons. The van der Waals surface area contributed by atoms with Crippen LogP contribution >= 0.6 is 11.9 Å². The number of benzene rings is 3. The molecule has 5 heteroatoms. The monoisotopic (exact) mass is 419 g/mol. The molecule has 0 heterocycles. The highest BCUT2D eigenvalue weighted by Crippen LogP contribution is 2.25. The summed E-state index contributed by atoms with van der Waals surface area (Å²) in [5.74, 6) is -1.12. The van der Waals surface area contributed by atoms with Crippen molar-refractivity contribution in [2.24, 2.45) is 11.8 Å². The lowest BCUT2D eigenvalue weighted by Crippen LogP contribution is -2.25. The van der Waals surface area contributed by atoms with E-state index in [1.54, 1.807) is 0 Å². The summed E-state index contributed by atoms with van der Waals surface area (Å²) in [5.41, 5.74) is 5.50. The third-order valence-electron chi connectivity index (χ3n) is 5.40. The number of hydrogen-bond donors (Lipinski definition) is 1. The second-order valence-electron chi connectivity index (χ2n) is 7.57. The van der Waals surface area contributed by atoms with Crippen LogP contribution in [-0.2, 0) is 28.4 Å². The largest absolute Gasteiger partial charge is 0.481 e. The minimum absolute atomic E-state index is 0.0293. The van der Waals surface area contributed by atoms with Gasteiger partial charge in [-0.15, -0.1) is 0 Å². The Morgan fingerprint density at radius 3 is 2.07 bits per heavy atom. The molecule has 3 nitrogen and oxygen atoms in total. The summed E-state index contributed by atoms with van der Waals surface area (Å²) < 4.78 is 12.2. The van der Waals surface area contributed by atoms with Crippen LogP contribution in [-0.4, -0.2) is 19.5 Å². The Morgan fingerprint density at radius 1 is 0.933 bits per heavy atom. The molecule has 30 heavy (non-hydrogen) atoms. The molecule has 2 atom stereocenters. The quantitative estimate of drug-likeness (QED) is 0.255. The zero-order valence-corrected chi connectivity index (χ0v) is 17.8. The minimum Gasteiger partial charge on any atom is -0.481 e. The van der Waals surface area contributed by atoms with Gasteiger partial charge in [0.15, 0.2) is 0 Å². The van der Waals surface area contributed by atoms with Crippen LogP contribution in [0.15, 0.2) is 78.9 Å². The van der Waals surface area contributed by atoms with Gasteiger partial charge in [0.2, 0.25) is 7.09 Å². The van der Waals surface area contributed by atoms with Crippen molar-refractivity contribution >= 4 is 25.0 Å². The lowest BCUT2D eigenvalue weighted by atomic mass is 9.84. The Balaban J connectivity index is 1.62. The highest BCUT2D eigenvalue weighted by atomic mass is 32.2. The number of hydrogen-bond acceptors (Lipinski definition) is 3. The van der Waals surface area contributed by atoms with Gasteiger partial charge >= 0.3 is 5.97 Å². The van der Waals surface area contributed by atoms with Crippen molar-refractivity contribution in [3.05, 3.63) is 95.6 Å². The summed E-state index contributed by atoms with van der Waals surface area (Å²) in [6, 6.07) is 26.4. The van der Waals surface area contributed by atoms with Crippen LogP contribution in [0.1, 0.15) is 23.6 Å². The first-order chi connectivity index (χ1) is 15.1. The third-order valence-corrected chi connectivity index (χ3v) is 5.65. The van der Waals surface area contributed by atoms with Crippen LogP contribution in [0, 0.1) is 11.8 Å². The number of carbonyl (C=O) groups is 1. The maximum absolute atomic E-state index is 11.9. The van der Waals surface area contributed by atoms with Gasteiger partial charge in [-0.3, -0.25) is 4.79 Å². The molecule has 0 saturated heterocycles. The summed E-state index contributed by atoms with van der Waals surface area (Å²) >= 11 is 1.02. The molecule has 3 aromatic rings. The molecule has 0 bridgehead atoms. The first-order valence-electron chi connectivity index (χ1n) is 10.6. The zero-order valence-electron chi connectivity index (χ0n) is 18.0. The average molecular weight is 419 g/mol. The van der Waals surface area contributed by atoms with Crippen molar-refractivity contribution in [2.75, 3.05) is 0 Å². The Hall–Kier alpha value is -2.50. The molecule has 0 saturated carbocycles. The summed E-state index contributed by atoms with van der Waals surface area (Å²) in [6.45, 7) is 2.48. The number of carboxylic acid groups (broad SMARTS) is 1. The maximum Gasteiger partial charge on any atom is 0.307 e. The third kappa shape index (κ3) is 6.25. The molecule has 1 radical (unpaired) electrons. The molecule has 0 spiro atoms. The smallest absolute Gasteiger partial charge is 0.307 e. The second-order valence-corrected chi connectivity index (χ2v) is 8.00. The van der Waals surface area contributed by atoms with Crippen LogP contribution in [0.2, 0.25) is 0 Å². The van der Waals surface area contributed by atoms with Crippen molar-refractivity contribution in [2.45, 2.75) is 26.4 Å². The standard InChI is InChI=1S/C25H26BO3S/c1-18(24(25(27)28)16-19-5-3-2-4-6-19)15-20-7-11-22(12-8-20)23-13-9-21(10-14-23)17-29-30-26/h2-14,18,24,26H,15-17H2,1H3,(H,27,28)/t18-,24-/m0/s1/i26T. The van der Waals surface area contributed by atoms with E-state index in [0.29, 0.717) is 13.0 Å². The van der Waals surface area contributed by atoms with E-state index in [4.69, 9.17) is 5.52 Å². The van der Waals surface area contributed by atoms with Crippen LogP contribution in [0.4, 0.5) is 0 Å². The first-order valence-corrected chi connectivity index (χ1v) is 10.8. The molecule has 3 rings (SSSR count). The lowest BCUT2D eigenvalue weighted by Gasteiger charge is -2.20. The molecular weight excluding hydrogens is 391 g/mol. The first kappa shape index (κ1) is 20.8. The molecule has 0 fully saturated rings. The lowest BCUT2D eigenvalue weighted by molar-refractivity contribution is -0.143. The van der Waals surface area contributed by atoms with E-state index in [1.165, 1.54) is 0 Å². The SMILES string of the molecule is [3H][B]SOCc1ccc(-c2ccc(C[C@H](C)[C@H](Cc3ccccc3)C(=O)O)cc2)cc1. The van der Waals surface area contributed by atoms with E-state index < -0.39 is 11.9 Å². The van der Waals surface area contributed by atoms with E-state index in [1.807, 2.05) is 49.4 Å². The molecule has 1 N–H and O–H groups in total. The van der Waals surface area contributed by atoms with Gasteiger partial charge in [0, 0.05) is 0 Å². The van der Waals surface area contributed by atoms with Crippen molar-refractivity contribution in [1.29, 1.82) is 1.34 Å². The Labute approximate surface area is 185 Å². The van der Waals surface area contributed by atoms with Crippen molar-refractivity contribution in [1.82, 2.24) is 0 Å². The fourth-order valence-electron chi connectivity index (χ4n) is 3.64. The van der Waals surface area contributed by atoms with Crippen molar-refractivity contribution in [3.8, 4) is 11.1 Å². The molecule has 0 amide bonds. The highest BCUT2D eigenvalue weighted by Gasteiger charge is 2.25. The summed E-state index contributed by atoms with van der Waals surface area (Å²) in [6.07, 6.45) is 1.27. The molecule has 0 aliphatic heterocycles. The van der Waals surface area contributed by atoms with Gasteiger partial charge in [0.1, 0.15) is 0 Å². The molecular formula is C25H26BO3S. The number of aliphatic carboxylic acids is 1. The van der Waals surface area contributed by atoms with Gasteiger partial charge in [-0.05, 0) is 47.9 Å². The van der Waals surface area contributed by atoms with Crippen LogP contribution in [0.5, 0.6) is 0 Å². The van der Waals surface area contributed by atoms with E-state index in [9.17, 15) is 9.90 Å². The van der Waals surface area contributed by atoms with Gasteiger partial charge in [-0.1, -0.05) is 97.7 Å². The fourth-order valence-corrected chi connectivity index (χ4v) is 3.85. The van der Waals surface area contributed by atoms with E-state index >= 15 is 0 Å². The fraction of sp³-hybridized carbons (Fsp3) is 0.240. The zero-order chi connectivity index (χ0) is 22.1. The predicted octanol–water partition coefficient (Wildman–Crippen LogP) is 5.46. The highest BCUT2D eigenvalue weighted by molar-refractivity contribution is 8.15. The molecule has 0 aliphatic carbocycles. The predicted molar refractivity (Wildman–Crippen MR) is 126 cm³/mol. The van der Waals surface area contributed by atoms with Crippen LogP contribution in [0.3, 0.4) is 0 Å². The van der Waals surface area contributed by atoms with Gasteiger partial charge in [0.05, 0.1) is 12.5 Å². The van der Waals surface area contributed by atoms with E-state index in [-0.39, 0.29) is 5.92 Å². The normalized spacial score (nSPS) is 13.3. The van der Waals surface area contributed by atoms with Crippen LogP contribution < -0.4 is 0 Å². The molecule has 0 unspecified atom stereocenters. The average Bonchev–Trinajstić information content (AvgIpc) is 2.79. The van der Waals surface area contributed by atoms with Gasteiger partial charge < -0.3 is 9.29 Å². The Morgan fingerprint density at radius 2 is 1.50 bits per heavy atom. The second kappa shape index (κ2) is 11.0. The maximum atomic E-state index is 11.9. The number of carboxylic acids is 1. The molecule has 0 aliphatic rings. The summed E-state index contributed by atoms with van der Waals surface area (Å²) in [5, 5.41) is 9.75. The summed E-state index contributed by atoms with van der Waals surface area (Å²) in [4.78, 5) is 11.9. The van der Waals surface area contributed by atoms with E-state index in [2.05, 4.69) is 36.4 Å². The Kier molecular flexibility index (Phi) is 7.65. The van der Waals surface area contributed by atoms with Gasteiger partial charge in [0.25, 0.3) is 0 Å². The van der Waals surface area contributed by atoms with Gasteiger partial charge in [-0.25, -0.2) is 0 Å². The molecule has 0 aromatic heterocycles. The topological polar surface area (TPSA) is 46.5 Å². The van der Waals surface area contributed by atoms with E-state index in [0.717, 1.165) is 53.2 Å². The van der Waals surface area contributed by atoms with Gasteiger partial charge in [-0.2, -0.15) is 0 Å². The minimum atomic E-state index is -0.740. The number of rotatable bonds is 11. The Bertz CT molecular complexity index is 949. The molecule has 3 aromatic carbocycles. The summed E-state index contributed by atoms with van der Waals surface area (Å²) in [7, 11) is 1.16. The van der Waals surface area contributed by atoms with Crippen LogP contribution in [0.25, 0.3) is 11.1 Å².